The Morgan fingerprint density at radius 1 is 1.47 bits per heavy atom. The topological polar surface area (TPSA) is 70.6 Å². The summed E-state index contributed by atoms with van der Waals surface area (Å²) in [5.74, 6) is -0.259. The number of carbonyl (C=O) groups is 1. The first kappa shape index (κ1) is 12.0. The Bertz CT molecular complexity index is 413. The molecule has 1 aliphatic heterocycles. The summed E-state index contributed by atoms with van der Waals surface area (Å²) >= 11 is 0. The molecule has 0 amide bonds. The number of hydrazine groups is 1. The van der Waals surface area contributed by atoms with Crippen LogP contribution < -0.4 is 15.6 Å². The molecule has 0 spiro atoms. The molecule has 1 aromatic rings. The maximum Gasteiger partial charge on any atom is 0.179 e. The molecule has 5 nitrogen and oxygen atoms in total. The Labute approximate surface area is 97.6 Å². The quantitative estimate of drug-likeness (QED) is 0.691. The number of aliphatic hydroxyl groups excluding tert-OH is 1. The van der Waals surface area contributed by atoms with Crippen molar-refractivity contribution in [3.8, 4) is 5.75 Å². The van der Waals surface area contributed by atoms with Gasteiger partial charge in [0.05, 0.1) is 6.04 Å². The maximum atomic E-state index is 12.9. The molecule has 2 unspecified atom stereocenters. The summed E-state index contributed by atoms with van der Waals surface area (Å²) in [6.45, 7) is 0.217. The highest BCUT2D eigenvalue weighted by Crippen LogP contribution is 2.13. The van der Waals surface area contributed by atoms with Crippen molar-refractivity contribution < 1.29 is 19.0 Å². The molecule has 0 saturated carbocycles. The average Bonchev–Trinajstić information content (AvgIpc) is 2.31. The van der Waals surface area contributed by atoms with Crippen LogP contribution in [0.1, 0.15) is 6.42 Å². The first-order chi connectivity index (χ1) is 8.15. The SMILES string of the molecule is O=C1CC(COc2cccc(F)c2)NNC1O. The van der Waals surface area contributed by atoms with E-state index in [0.717, 1.165) is 0 Å². The number of rotatable bonds is 3. The fourth-order valence-electron chi connectivity index (χ4n) is 1.54. The molecule has 1 aromatic carbocycles. The number of ether oxygens (including phenoxy) is 1. The first-order valence-electron chi connectivity index (χ1n) is 5.25. The second-order valence-corrected chi connectivity index (χ2v) is 3.83. The van der Waals surface area contributed by atoms with Crippen molar-refractivity contribution in [2.75, 3.05) is 6.61 Å². The zero-order chi connectivity index (χ0) is 12.3. The van der Waals surface area contributed by atoms with Crippen LogP contribution in [-0.2, 0) is 4.79 Å². The van der Waals surface area contributed by atoms with Crippen LogP contribution >= 0.6 is 0 Å². The van der Waals surface area contributed by atoms with Crippen LogP contribution in [0.2, 0.25) is 0 Å². The Hall–Kier alpha value is -1.50. The van der Waals surface area contributed by atoms with Crippen molar-refractivity contribution in [2.45, 2.75) is 18.7 Å². The van der Waals surface area contributed by atoms with Crippen LogP contribution in [0.25, 0.3) is 0 Å². The summed E-state index contributed by atoms with van der Waals surface area (Å²) < 4.78 is 18.2. The number of carbonyl (C=O) groups excluding carboxylic acids is 1. The van der Waals surface area contributed by atoms with E-state index >= 15 is 0 Å². The van der Waals surface area contributed by atoms with Gasteiger partial charge in [0, 0.05) is 12.5 Å². The van der Waals surface area contributed by atoms with Gasteiger partial charge < -0.3 is 9.84 Å². The van der Waals surface area contributed by atoms with Crippen molar-refractivity contribution >= 4 is 5.78 Å². The number of halogens is 1. The zero-order valence-electron chi connectivity index (χ0n) is 9.02. The predicted molar refractivity (Wildman–Crippen MR) is 57.6 cm³/mol. The summed E-state index contributed by atoms with van der Waals surface area (Å²) in [7, 11) is 0. The van der Waals surface area contributed by atoms with Crippen LogP contribution in [-0.4, -0.2) is 29.8 Å². The second kappa shape index (κ2) is 5.22. The van der Waals surface area contributed by atoms with Crippen molar-refractivity contribution in [1.29, 1.82) is 0 Å². The normalized spacial score (nSPS) is 24.7. The highest BCUT2D eigenvalue weighted by molar-refractivity contribution is 5.83. The van der Waals surface area contributed by atoms with E-state index < -0.39 is 6.23 Å². The predicted octanol–water partition coefficient (Wildman–Crippen LogP) is -0.0415. The highest BCUT2D eigenvalue weighted by Gasteiger charge is 2.26. The summed E-state index contributed by atoms with van der Waals surface area (Å²) in [5.41, 5.74) is 5.18. The molecule has 1 aliphatic rings. The number of Topliss-reactive ketones (excluding diaryl/α,β-unsaturated/α-hetero) is 1. The number of benzene rings is 1. The lowest BCUT2D eigenvalue weighted by Crippen LogP contribution is -2.58. The van der Waals surface area contributed by atoms with E-state index in [1.54, 1.807) is 12.1 Å². The van der Waals surface area contributed by atoms with Gasteiger partial charge in [-0.15, -0.1) is 0 Å². The van der Waals surface area contributed by atoms with E-state index in [1.807, 2.05) is 0 Å². The molecular formula is C11H13FN2O3. The minimum absolute atomic E-state index is 0.170. The molecule has 0 bridgehead atoms. The van der Waals surface area contributed by atoms with Gasteiger partial charge in [0.15, 0.2) is 12.0 Å². The van der Waals surface area contributed by atoms with Gasteiger partial charge in [0.1, 0.15) is 18.2 Å². The first-order valence-corrected chi connectivity index (χ1v) is 5.25. The summed E-state index contributed by atoms with van der Waals surface area (Å²) in [5, 5.41) is 9.10. The number of aliphatic hydroxyl groups is 1. The van der Waals surface area contributed by atoms with Crippen LogP contribution in [0.3, 0.4) is 0 Å². The third kappa shape index (κ3) is 3.23. The van der Waals surface area contributed by atoms with E-state index in [1.165, 1.54) is 12.1 Å². The van der Waals surface area contributed by atoms with Crippen LogP contribution in [0, 0.1) is 5.82 Å². The van der Waals surface area contributed by atoms with E-state index in [-0.39, 0.29) is 30.7 Å². The molecule has 1 saturated heterocycles. The van der Waals surface area contributed by atoms with Crippen LogP contribution in [0.4, 0.5) is 4.39 Å². The molecule has 0 radical (unpaired) electrons. The highest BCUT2D eigenvalue weighted by atomic mass is 19.1. The molecule has 17 heavy (non-hydrogen) atoms. The smallest absolute Gasteiger partial charge is 0.179 e. The van der Waals surface area contributed by atoms with E-state index in [9.17, 15) is 9.18 Å². The van der Waals surface area contributed by atoms with Crippen molar-refractivity contribution in [1.82, 2.24) is 10.9 Å². The fourth-order valence-corrected chi connectivity index (χ4v) is 1.54. The molecule has 6 heteroatoms. The van der Waals surface area contributed by atoms with Crippen molar-refractivity contribution in [3.05, 3.63) is 30.1 Å². The minimum Gasteiger partial charge on any atom is -0.492 e. The van der Waals surface area contributed by atoms with Gasteiger partial charge in [0.25, 0.3) is 0 Å². The van der Waals surface area contributed by atoms with Gasteiger partial charge in [-0.3, -0.25) is 4.79 Å². The molecule has 1 heterocycles. The monoisotopic (exact) mass is 240 g/mol. The van der Waals surface area contributed by atoms with Crippen LogP contribution in [0.5, 0.6) is 5.75 Å². The summed E-state index contributed by atoms with van der Waals surface area (Å²) in [6.07, 6.45) is -0.996. The van der Waals surface area contributed by atoms with E-state index in [2.05, 4.69) is 10.9 Å². The maximum absolute atomic E-state index is 12.9. The van der Waals surface area contributed by atoms with Gasteiger partial charge in [-0.2, -0.15) is 0 Å². The fraction of sp³-hybridized carbons (Fsp3) is 0.364. The second-order valence-electron chi connectivity index (χ2n) is 3.83. The Morgan fingerprint density at radius 2 is 2.29 bits per heavy atom. The lowest BCUT2D eigenvalue weighted by Gasteiger charge is -2.26. The Morgan fingerprint density at radius 3 is 3.00 bits per heavy atom. The number of hydrogen-bond acceptors (Lipinski definition) is 5. The third-order valence-electron chi connectivity index (χ3n) is 2.42. The molecule has 1 fully saturated rings. The third-order valence-corrected chi connectivity index (χ3v) is 2.42. The van der Waals surface area contributed by atoms with E-state index in [0.29, 0.717) is 5.75 Å². The van der Waals surface area contributed by atoms with Gasteiger partial charge in [0.2, 0.25) is 0 Å². The lowest BCUT2D eigenvalue weighted by molar-refractivity contribution is -0.133. The zero-order valence-corrected chi connectivity index (χ0v) is 9.02. The van der Waals surface area contributed by atoms with Crippen molar-refractivity contribution in [3.63, 3.8) is 0 Å². The molecule has 92 valence electrons. The van der Waals surface area contributed by atoms with Gasteiger partial charge in [-0.05, 0) is 12.1 Å². The number of nitrogens with one attached hydrogen (secondary N) is 2. The number of ketones is 1. The average molecular weight is 240 g/mol. The minimum atomic E-state index is -1.17. The molecular weight excluding hydrogens is 227 g/mol. The van der Waals surface area contributed by atoms with Crippen LogP contribution in [0.15, 0.2) is 24.3 Å². The van der Waals surface area contributed by atoms with E-state index in [4.69, 9.17) is 9.84 Å². The summed E-state index contributed by atoms with van der Waals surface area (Å²) in [6, 6.07) is 5.54. The Kier molecular flexibility index (Phi) is 3.68. The molecule has 2 atom stereocenters. The summed E-state index contributed by atoms with van der Waals surface area (Å²) in [4.78, 5) is 11.2. The van der Waals surface area contributed by atoms with Gasteiger partial charge >= 0.3 is 0 Å². The number of hydrogen-bond donors (Lipinski definition) is 3. The Balaban J connectivity index is 1.84. The van der Waals surface area contributed by atoms with Crippen molar-refractivity contribution in [2.24, 2.45) is 0 Å². The largest absolute Gasteiger partial charge is 0.492 e. The molecule has 3 N–H and O–H groups in total. The molecule has 2 rings (SSSR count). The molecule has 0 aliphatic carbocycles. The molecule has 0 aromatic heterocycles. The lowest BCUT2D eigenvalue weighted by atomic mass is 10.1. The van der Waals surface area contributed by atoms with Gasteiger partial charge in [-0.25, -0.2) is 15.2 Å². The van der Waals surface area contributed by atoms with Gasteiger partial charge in [-0.1, -0.05) is 6.07 Å². The standard InChI is InChI=1S/C11H13FN2O3/c12-7-2-1-3-9(4-7)17-6-8-5-10(15)11(16)14-13-8/h1-4,8,11,13-14,16H,5-6H2.